The summed E-state index contributed by atoms with van der Waals surface area (Å²) < 4.78 is 98.1. The van der Waals surface area contributed by atoms with Crippen LogP contribution in [-0.2, 0) is 0 Å². The van der Waals surface area contributed by atoms with Crippen LogP contribution in [0, 0.1) is 0 Å². The molecular weight excluding hydrogens is 591 g/mol. The molecule has 0 fully saturated rings. The molecule has 1 nitrogen and oxygen atoms in total. The molecule has 230 valence electrons. The maximum atomic E-state index is 9.90. The van der Waals surface area contributed by atoms with Crippen LogP contribution in [0.5, 0.6) is 0 Å². The van der Waals surface area contributed by atoms with E-state index in [-0.39, 0.29) is 22.0 Å². The predicted octanol–water partition coefficient (Wildman–Crippen LogP) is 13.6. The van der Waals surface area contributed by atoms with Crippen LogP contribution in [0.1, 0.15) is 15.1 Å². The molecule has 0 atom stereocenters. The second-order valence-electron chi connectivity index (χ2n) is 11.7. The highest BCUT2D eigenvalue weighted by Gasteiger charge is 2.16. The highest BCUT2D eigenvalue weighted by atomic mass is 15.1. The number of rotatable bonds is 6. The van der Waals surface area contributed by atoms with E-state index in [2.05, 4.69) is 18.2 Å². The number of anilines is 3. The summed E-state index contributed by atoms with van der Waals surface area (Å²) in [6, 6.07) is 37.0. The Labute approximate surface area is 302 Å². The van der Waals surface area contributed by atoms with Gasteiger partial charge < -0.3 is 4.90 Å². The molecule has 0 heterocycles. The van der Waals surface area contributed by atoms with Crippen molar-refractivity contribution in [3.63, 3.8) is 0 Å². The molecule has 49 heavy (non-hydrogen) atoms. The Morgan fingerprint density at radius 3 is 1.84 bits per heavy atom. The van der Waals surface area contributed by atoms with Gasteiger partial charge >= 0.3 is 0 Å². The molecule has 0 radical (unpaired) electrons. The largest absolute Gasteiger partial charge is 0.310 e. The fourth-order valence-corrected chi connectivity index (χ4v) is 6.52. The molecule has 0 bridgehead atoms. The van der Waals surface area contributed by atoms with Crippen LogP contribution in [0.3, 0.4) is 0 Å². The molecule has 0 aliphatic rings. The van der Waals surface area contributed by atoms with Gasteiger partial charge in [-0.3, -0.25) is 0 Å². The SMILES string of the molecule is [2H]c1c([2H])c([2H])c(-c2c([2H])c([2H])c([2H])c3c([2H])c([2H])c(N(c4ccc(-c5cccc6ccccc56)cc4)c4ccc5c(-c6ccccc6)cccc5c4)c([2H])c23)c([2H])c1[2H]. The van der Waals surface area contributed by atoms with E-state index in [1.54, 1.807) is 4.90 Å². The van der Waals surface area contributed by atoms with Gasteiger partial charge in [0, 0.05) is 17.1 Å². The lowest BCUT2D eigenvalue weighted by Crippen LogP contribution is -2.10. The summed E-state index contributed by atoms with van der Waals surface area (Å²) in [6.07, 6.45) is 0. The van der Waals surface area contributed by atoms with Crippen LogP contribution >= 0.6 is 0 Å². The number of hydrogen-bond acceptors (Lipinski definition) is 1. The lowest BCUT2D eigenvalue weighted by molar-refractivity contribution is 1.29. The van der Waals surface area contributed by atoms with Gasteiger partial charge in [0.15, 0.2) is 0 Å². The Morgan fingerprint density at radius 1 is 0.347 bits per heavy atom. The highest BCUT2D eigenvalue weighted by molar-refractivity contribution is 6.02. The minimum atomic E-state index is -0.672. The van der Waals surface area contributed by atoms with Gasteiger partial charge in [-0.2, -0.15) is 0 Å². The zero-order chi connectivity index (χ0) is 42.1. The van der Waals surface area contributed by atoms with Gasteiger partial charge in [-0.15, -0.1) is 0 Å². The minimum Gasteiger partial charge on any atom is -0.310 e. The molecule has 0 aliphatic carbocycles. The number of fused-ring (bicyclic) bond motifs is 3. The van der Waals surface area contributed by atoms with Crippen LogP contribution < -0.4 is 4.90 Å². The second kappa shape index (κ2) is 12.3. The third-order valence-electron chi connectivity index (χ3n) is 8.83. The first-order chi connectivity index (χ1) is 28.9. The van der Waals surface area contributed by atoms with Gasteiger partial charge in [0.1, 0.15) is 0 Å². The van der Waals surface area contributed by atoms with E-state index < -0.39 is 72.0 Å². The molecule has 0 saturated heterocycles. The molecule has 9 aromatic rings. The molecule has 9 aromatic carbocycles. The lowest BCUT2D eigenvalue weighted by atomic mass is 9.96. The normalized spacial score (nSPS) is 14.4. The summed E-state index contributed by atoms with van der Waals surface area (Å²) >= 11 is 0. The van der Waals surface area contributed by atoms with Crippen molar-refractivity contribution in [2.45, 2.75) is 0 Å². The van der Waals surface area contributed by atoms with Crippen molar-refractivity contribution in [3.8, 4) is 33.4 Å². The first-order valence-electron chi connectivity index (χ1n) is 21.5. The second-order valence-corrected chi connectivity index (χ2v) is 11.7. The van der Waals surface area contributed by atoms with Crippen LogP contribution in [0.25, 0.3) is 65.7 Å². The van der Waals surface area contributed by atoms with Crippen molar-refractivity contribution in [3.05, 3.63) is 200 Å². The quantitative estimate of drug-likeness (QED) is 0.176. The third-order valence-corrected chi connectivity index (χ3v) is 8.83. The first-order valence-corrected chi connectivity index (χ1v) is 16.0. The van der Waals surface area contributed by atoms with Crippen LogP contribution in [0.2, 0.25) is 0 Å². The van der Waals surface area contributed by atoms with Crippen LogP contribution in [0.15, 0.2) is 200 Å². The zero-order valence-corrected chi connectivity index (χ0v) is 26.1. The molecule has 0 unspecified atom stereocenters. The maximum absolute atomic E-state index is 9.90. The fraction of sp³-hybridized carbons (Fsp3) is 0. The molecule has 9 rings (SSSR count). The summed E-state index contributed by atoms with van der Waals surface area (Å²) in [5.74, 6) is 0. The van der Waals surface area contributed by atoms with Crippen molar-refractivity contribution in [2.24, 2.45) is 0 Å². The maximum Gasteiger partial charge on any atom is 0.0652 e. The zero-order valence-electron chi connectivity index (χ0n) is 37.1. The van der Waals surface area contributed by atoms with Crippen LogP contribution in [-0.4, -0.2) is 0 Å². The van der Waals surface area contributed by atoms with Gasteiger partial charge in [-0.25, -0.2) is 0 Å². The summed E-state index contributed by atoms with van der Waals surface area (Å²) in [4.78, 5) is 1.68. The Bertz CT molecular complexity index is 3190. The molecule has 0 spiro atoms. The summed E-state index contributed by atoms with van der Waals surface area (Å²) in [7, 11) is 0. The molecule has 0 saturated carbocycles. The van der Waals surface area contributed by atoms with Crippen molar-refractivity contribution in [2.75, 3.05) is 4.90 Å². The Hall–Kier alpha value is -6.44. The van der Waals surface area contributed by atoms with E-state index in [0.717, 1.165) is 43.8 Å². The molecule has 1 heteroatoms. The van der Waals surface area contributed by atoms with Gasteiger partial charge in [0.05, 0.1) is 15.1 Å². The van der Waals surface area contributed by atoms with Crippen molar-refractivity contribution < 1.29 is 15.1 Å². The molecule has 0 aromatic heterocycles. The van der Waals surface area contributed by atoms with E-state index in [0.29, 0.717) is 11.4 Å². The molecule has 0 amide bonds. The van der Waals surface area contributed by atoms with Gasteiger partial charge in [-0.05, 0) is 102 Å². The smallest absolute Gasteiger partial charge is 0.0652 e. The number of benzene rings is 9. The monoisotopic (exact) mass is 634 g/mol. The fourth-order valence-electron chi connectivity index (χ4n) is 6.52. The van der Waals surface area contributed by atoms with E-state index in [4.69, 9.17) is 11.0 Å². The Kier molecular flexibility index (Phi) is 4.87. The minimum absolute atomic E-state index is 0.0888. The molecule has 0 aliphatic heterocycles. The summed E-state index contributed by atoms with van der Waals surface area (Å²) in [6.45, 7) is 0. The molecular formula is C48H33N. The Morgan fingerprint density at radius 2 is 1.02 bits per heavy atom. The average molecular weight is 635 g/mol. The predicted molar refractivity (Wildman–Crippen MR) is 210 cm³/mol. The number of nitrogens with zero attached hydrogens (tertiary/aromatic N) is 1. The van der Waals surface area contributed by atoms with Gasteiger partial charge in [-0.1, -0.05) is 164 Å². The topological polar surface area (TPSA) is 3.24 Å². The summed E-state index contributed by atoms with van der Waals surface area (Å²) in [5.41, 5.74) is 4.16. The van der Waals surface area contributed by atoms with E-state index in [1.165, 1.54) is 0 Å². The van der Waals surface area contributed by atoms with Gasteiger partial charge in [0.2, 0.25) is 0 Å². The standard InChI is InChI=1S/C48H33N/c1-3-12-34(13-4-1)44-22-11-19-39-32-41(30-31-47(39)44)49(40-27-24-38(25-28-40)45-21-9-17-36-16-7-8-20-43(36)45)42-29-26-37-18-10-23-46(48(37)33-42)35-14-5-2-6-15-35/h1-33H/i2D,5D,6D,10D,14D,15D,18D,23D,26D,29D,33D. The highest BCUT2D eigenvalue weighted by Crippen LogP contribution is 2.41. The Balaban J connectivity index is 1.35. The number of hydrogen-bond donors (Lipinski definition) is 0. The van der Waals surface area contributed by atoms with E-state index in [1.807, 2.05) is 115 Å². The first kappa shape index (κ1) is 19.4. The molecule has 0 N–H and O–H groups in total. The van der Waals surface area contributed by atoms with Crippen molar-refractivity contribution in [1.82, 2.24) is 0 Å². The average Bonchev–Trinajstić information content (AvgIpc) is 3.28. The third kappa shape index (κ3) is 5.32. The van der Waals surface area contributed by atoms with Gasteiger partial charge in [0.25, 0.3) is 0 Å². The van der Waals surface area contributed by atoms with Crippen LogP contribution in [0.4, 0.5) is 17.1 Å². The van der Waals surface area contributed by atoms with E-state index in [9.17, 15) is 4.11 Å². The van der Waals surface area contributed by atoms with Crippen molar-refractivity contribution >= 4 is 49.4 Å². The van der Waals surface area contributed by atoms with E-state index >= 15 is 0 Å². The van der Waals surface area contributed by atoms with Crippen molar-refractivity contribution in [1.29, 1.82) is 0 Å². The summed E-state index contributed by atoms with van der Waals surface area (Å²) in [5, 5.41) is 3.43. The lowest BCUT2D eigenvalue weighted by Gasteiger charge is -2.27.